The first kappa shape index (κ1) is 13.9. The Labute approximate surface area is 118 Å². The van der Waals surface area contributed by atoms with Gasteiger partial charge in [0.25, 0.3) is 0 Å². The van der Waals surface area contributed by atoms with Crippen LogP contribution in [0.1, 0.15) is 42.5 Å². The Morgan fingerprint density at radius 3 is 2.72 bits per heavy atom. The topological polar surface area (TPSA) is 18.5 Å². The van der Waals surface area contributed by atoms with Crippen LogP contribution in [0.3, 0.4) is 0 Å². The highest BCUT2D eigenvalue weighted by Gasteiger charge is 2.16. The van der Waals surface area contributed by atoms with Gasteiger partial charge in [-0.3, -0.25) is 0 Å². The largest absolute Gasteiger partial charge is 0.497 e. The molecule has 0 aliphatic carbocycles. The molecule has 2 nitrogen and oxygen atoms in total. The van der Waals surface area contributed by atoms with Crippen LogP contribution in [0.5, 0.6) is 5.75 Å². The lowest BCUT2D eigenvalue weighted by Gasteiger charge is -2.23. The molecular formula is C15H21BrO2. The fraction of sp³-hybridized carbons (Fsp3) is 0.600. The van der Waals surface area contributed by atoms with Gasteiger partial charge >= 0.3 is 0 Å². The lowest BCUT2D eigenvalue weighted by molar-refractivity contribution is 0.0102. The van der Waals surface area contributed by atoms with Gasteiger partial charge in [-0.25, -0.2) is 0 Å². The molecule has 2 unspecified atom stereocenters. The minimum absolute atomic E-state index is 0.411. The summed E-state index contributed by atoms with van der Waals surface area (Å²) in [5, 5.41) is 0. The molecule has 18 heavy (non-hydrogen) atoms. The van der Waals surface area contributed by atoms with Crippen LogP contribution in [0.25, 0.3) is 0 Å². The molecule has 100 valence electrons. The highest BCUT2D eigenvalue weighted by Crippen LogP contribution is 2.31. The standard InChI is InChI=1S/C15H21BrO2/c1-17-13-7-5-12(6-8-13)15(16)10-9-14-4-2-3-11-18-14/h5-8,14-15H,2-4,9-11H2,1H3. The summed E-state index contributed by atoms with van der Waals surface area (Å²) in [4.78, 5) is 0.411. The lowest BCUT2D eigenvalue weighted by atomic mass is 10.0. The normalized spacial score (nSPS) is 21.6. The molecule has 1 aromatic rings. The van der Waals surface area contributed by atoms with Crippen molar-refractivity contribution in [2.24, 2.45) is 0 Å². The fourth-order valence-electron chi connectivity index (χ4n) is 2.35. The van der Waals surface area contributed by atoms with Crippen LogP contribution in [0.4, 0.5) is 0 Å². The van der Waals surface area contributed by atoms with Crippen molar-refractivity contribution in [2.75, 3.05) is 13.7 Å². The number of rotatable bonds is 5. The molecule has 0 saturated carbocycles. The van der Waals surface area contributed by atoms with Gasteiger partial charge in [0.05, 0.1) is 13.2 Å². The summed E-state index contributed by atoms with van der Waals surface area (Å²) in [5.74, 6) is 0.911. The molecule has 0 N–H and O–H groups in total. The zero-order valence-corrected chi connectivity index (χ0v) is 12.5. The minimum Gasteiger partial charge on any atom is -0.497 e. The van der Waals surface area contributed by atoms with Crippen molar-refractivity contribution in [1.29, 1.82) is 0 Å². The Bertz CT molecular complexity index is 344. The first-order valence-corrected chi connectivity index (χ1v) is 7.61. The summed E-state index contributed by atoms with van der Waals surface area (Å²) in [5.41, 5.74) is 1.31. The highest BCUT2D eigenvalue weighted by atomic mass is 79.9. The smallest absolute Gasteiger partial charge is 0.118 e. The third-order valence-electron chi connectivity index (χ3n) is 3.49. The van der Waals surface area contributed by atoms with E-state index in [1.54, 1.807) is 7.11 Å². The zero-order valence-electron chi connectivity index (χ0n) is 10.9. The van der Waals surface area contributed by atoms with Gasteiger partial charge in [0.15, 0.2) is 0 Å². The van der Waals surface area contributed by atoms with Crippen molar-refractivity contribution < 1.29 is 9.47 Å². The van der Waals surface area contributed by atoms with Gasteiger partial charge in [-0.2, -0.15) is 0 Å². The van der Waals surface area contributed by atoms with Gasteiger partial charge < -0.3 is 9.47 Å². The second-order valence-corrected chi connectivity index (χ2v) is 5.91. The molecule has 0 aromatic heterocycles. The van der Waals surface area contributed by atoms with Crippen molar-refractivity contribution in [3.05, 3.63) is 29.8 Å². The Balaban J connectivity index is 1.80. The molecule has 2 rings (SSSR count). The molecule has 3 heteroatoms. The molecule has 2 atom stereocenters. The predicted molar refractivity (Wildman–Crippen MR) is 77.5 cm³/mol. The van der Waals surface area contributed by atoms with E-state index in [0.29, 0.717) is 10.9 Å². The number of halogens is 1. The van der Waals surface area contributed by atoms with E-state index in [2.05, 4.69) is 28.1 Å². The van der Waals surface area contributed by atoms with Crippen LogP contribution in [0.2, 0.25) is 0 Å². The minimum atomic E-state index is 0.411. The number of hydrogen-bond donors (Lipinski definition) is 0. The quantitative estimate of drug-likeness (QED) is 0.746. The maximum absolute atomic E-state index is 5.76. The van der Waals surface area contributed by atoms with Crippen molar-refractivity contribution in [1.82, 2.24) is 0 Å². The number of hydrogen-bond acceptors (Lipinski definition) is 2. The van der Waals surface area contributed by atoms with Gasteiger partial charge in [0.1, 0.15) is 5.75 Å². The molecule has 1 saturated heterocycles. The van der Waals surface area contributed by atoms with E-state index in [1.807, 2.05) is 12.1 Å². The van der Waals surface area contributed by atoms with Crippen LogP contribution in [-0.2, 0) is 4.74 Å². The van der Waals surface area contributed by atoms with Gasteiger partial charge in [-0.05, 0) is 49.8 Å². The summed E-state index contributed by atoms with van der Waals surface area (Å²) in [6.45, 7) is 0.945. The second kappa shape index (κ2) is 7.15. The van der Waals surface area contributed by atoms with E-state index in [0.717, 1.165) is 25.2 Å². The molecule has 0 spiro atoms. The average Bonchev–Trinajstić information content (AvgIpc) is 2.46. The van der Waals surface area contributed by atoms with Crippen LogP contribution >= 0.6 is 15.9 Å². The van der Waals surface area contributed by atoms with Crippen molar-refractivity contribution in [3.63, 3.8) is 0 Å². The van der Waals surface area contributed by atoms with Crippen LogP contribution in [-0.4, -0.2) is 19.8 Å². The zero-order chi connectivity index (χ0) is 12.8. The summed E-state index contributed by atoms with van der Waals surface area (Å²) in [7, 11) is 1.70. The van der Waals surface area contributed by atoms with Gasteiger partial charge in [0.2, 0.25) is 0 Å². The first-order chi connectivity index (χ1) is 8.79. The highest BCUT2D eigenvalue weighted by molar-refractivity contribution is 9.09. The second-order valence-electron chi connectivity index (χ2n) is 4.81. The summed E-state index contributed by atoms with van der Waals surface area (Å²) in [6, 6.07) is 8.28. The predicted octanol–water partition coefficient (Wildman–Crippen LogP) is 4.48. The van der Waals surface area contributed by atoms with Gasteiger partial charge in [-0.1, -0.05) is 28.1 Å². The fourth-order valence-corrected chi connectivity index (χ4v) is 2.92. The number of benzene rings is 1. The Morgan fingerprint density at radius 2 is 2.11 bits per heavy atom. The Hall–Kier alpha value is -0.540. The van der Waals surface area contributed by atoms with Gasteiger partial charge in [0, 0.05) is 11.4 Å². The Kier molecular flexibility index (Phi) is 5.51. The average molecular weight is 313 g/mol. The molecule has 1 aromatic carbocycles. The van der Waals surface area contributed by atoms with Crippen LogP contribution in [0, 0.1) is 0 Å². The summed E-state index contributed by atoms with van der Waals surface area (Å²) in [6.07, 6.45) is 6.51. The monoisotopic (exact) mass is 312 g/mol. The van der Waals surface area contributed by atoms with Crippen LogP contribution < -0.4 is 4.74 Å². The maximum atomic E-state index is 5.76. The number of methoxy groups -OCH3 is 1. The maximum Gasteiger partial charge on any atom is 0.118 e. The molecule has 0 amide bonds. The lowest BCUT2D eigenvalue weighted by Crippen LogP contribution is -2.19. The van der Waals surface area contributed by atoms with E-state index in [4.69, 9.17) is 9.47 Å². The molecule has 0 bridgehead atoms. The van der Waals surface area contributed by atoms with E-state index in [1.165, 1.54) is 24.8 Å². The third-order valence-corrected chi connectivity index (χ3v) is 4.48. The van der Waals surface area contributed by atoms with E-state index in [9.17, 15) is 0 Å². The molecule has 1 aliphatic heterocycles. The number of ether oxygens (including phenoxy) is 2. The SMILES string of the molecule is COc1ccc(C(Br)CCC2CCCCO2)cc1. The third kappa shape index (κ3) is 3.99. The van der Waals surface area contributed by atoms with Crippen LogP contribution in [0.15, 0.2) is 24.3 Å². The van der Waals surface area contributed by atoms with Crippen molar-refractivity contribution >= 4 is 15.9 Å². The molecular weight excluding hydrogens is 292 g/mol. The van der Waals surface area contributed by atoms with E-state index >= 15 is 0 Å². The molecule has 0 radical (unpaired) electrons. The van der Waals surface area contributed by atoms with Crippen molar-refractivity contribution in [2.45, 2.75) is 43.0 Å². The first-order valence-electron chi connectivity index (χ1n) is 6.69. The molecule has 1 fully saturated rings. The Morgan fingerprint density at radius 1 is 1.33 bits per heavy atom. The molecule has 1 aliphatic rings. The van der Waals surface area contributed by atoms with Gasteiger partial charge in [-0.15, -0.1) is 0 Å². The van der Waals surface area contributed by atoms with E-state index < -0.39 is 0 Å². The molecule has 1 heterocycles. The van der Waals surface area contributed by atoms with E-state index in [-0.39, 0.29) is 0 Å². The summed E-state index contributed by atoms with van der Waals surface area (Å²) >= 11 is 3.76. The number of alkyl halides is 1. The summed E-state index contributed by atoms with van der Waals surface area (Å²) < 4.78 is 10.9. The van der Waals surface area contributed by atoms with Crippen molar-refractivity contribution in [3.8, 4) is 5.75 Å².